The smallest absolute Gasteiger partial charge is 0.159 e. The van der Waals surface area contributed by atoms with Gasteiger partial charge in [-0.3, -0.25) is 0 Å². The Hall–Kier alpha value is -13.9. The van der Waals surface area contributed by atoms with Crippen LogP contribution in [0.1, 0.15) is 99.9 Å². The molecule has 4 aromatic heterocycles. The lowest BCUT2D eigenvalue weighted by Gasteiger charge is -2.31. The monoisotopic (exact) mass is 1670 g/mol. The lowest BCUT2D eigenvalue weighted by atomic mass is 9.74. The average Bonchev–Trinajstić information content (AvgIpc) is 1.52. The first kappa shape index (κ1) is 78.1. The molecule has 19 aromatic rings. The summed E-state index contributed by atoms with van der Waals surface area (Å²) in [5, 5.41) is 7.35. The van der Waals surface area contributed by atoms with Crippen molar-refractivity contribution in [3.63, 3.8) is 0 Å². The molecule has 0 spiro atoms. The number of anilines is 12. The third kappa shape index (κ3) is 12.2. The van der Waals surface area contributed by atoms with Gasteiger partial charge in [-0.15, -0.1) is 0 Å². The second-order valence-corrected chi connectivity index (χ2v) is 48.9. The molecule has 0 saturated heterocycles. The molecule has 15 aromatic carbocycles. The predicted molar refractivity (Wildman–Crippen MR) is 532 cm³/mol. The van der Waals surface area contributed by atoms with Crippen LogP contribution in [-0.4, -0.2) is 16.1 Å². The van der Waals surface area contributed by atoms with Gasteiger partial charge in [0, 0.05) is 144 Å². The van der Waals surface area contributed by atoms with Gasteiger partial charge in [-0.2, -0.15) is 0 Å². The molecule has 0 atom stereocenters. The van der Waals surface area contributed by atoms with Gasteiger partial charge < -0.3 is 37.3 Å². The number of nitrogens with zero attached hydrogens (tertiary/aromatic N) is 4. The molecule has 0 aliphatic heterocycles. The van der Waals surface area contributed by atoms with Gasteiger partial charge in [0.2, 0.25) is 0 Å². The van der Waals surface area contributed by atoms with E-state index in [1.807, 2.05) is 12.1 Å². The fourth-order valence-electron chi connectivity index (χ4n) is 21.1. The molecular weight excluding hydrogens is 1570 g/mol. The quantitative estimate of drug-likeness (QED) is 0.0941. The summed E-state index contributed by atoms with van der Waals surface area (Å²) < 4.78 is 27.7. The molecule has 10 heteroatoms. The zero-order valence-electron chi connectivity index (χ0n) is 73.9. The van der Waals surface area contributed by atoms with Crippen LogP contribution in [0.25, 0.3) is 100 Å². The van der Waals surface area contributed by atoms with E-state index in [0.29, 0.717) is 0 Å². The lowest BCUT2D eigenvalue weighted by molar-refractivity contribution is 0.592. The number of fused-ring (bicyclic) bond motifs is 20. The highest BCUT2D eigenvalue weighted by molar-refractivity contribution is 6.89. The molecule has 0 amide bonds. The van der Waals surface area contributed by atoms with E-state index < -0.39 is 16.1 Å². The molecule has 0 N–H and O–H groups in total. The van der Waals surface area contributed by atoms with Crippen molar-refractivity contribution in [2.45, 2.75) is 116 Å². The highest BCUT2D eigenvalue weighted by Crippen LogP contribution is 2.65. The summed E-state index contributed by atoms with van der Waals surface area (Å²) in [7, 11) is -2.91. The number of furan rings is 4. The Balaban J connectivity index is 0.000000150. The molecule has 0 fully saturated rings. The molecule has 0 unspecified atom stereocenters. The summed E-state index contributed by atoms with van der Waals surface area (Å²) in [6.45, 7) is 33.5. The number of benzene rings is 15. The van der Waals surface area contributed by atoms with Crippen LogP contribution in [-0.2, 0) is 21.7 Å². The van der Waals surface area contributed by atoms with Gasteiger partial charge in [-0.25, -0.2) is 0 Å². The molecule has 4 aliphatic rings. The van der Waals surface area contributed by atoms with Crippen LogP contribution < -0.4 is 30.0 Å². The fraction of sp³-hybridized carbons (Fsp3) is 0.155. The van der Waals surface area contributed by atoms with Gasteiger partial charge in [0.1, 0.15) is 34.2 Å². The zero-order chi connectivity index (χ0) is 86.2. The Labute approximate surface area is 739 Å². The van der Waals surface area contributed by atoms with Crippen LogP contribution in [0, 0.1) is 0 Å². The standard InChI is InChI=1S/C61H52N2O2Si.C55H48N2O2Si/c1-60(2)50-37-42(62(40-21-12-9-13-22-40)41-29-33-44(34-30-41)66(5,6)7)31-35-48(50)58-55(60)56-59(65-58)49-36-32-43(38-51(49)61(56,3)4)63(52-26-16-14-23-45(52)39-19-10-8-11-20-39)53-27-18-25-47-46-24-15-17-28-54(46)64-57(47)53;1-54(2)45-33-38(56(35-17-10-8-11-18-35)37-25-29-40(30-26-37)60(5,6)7)27-31-43(45)52-49(54)50-53(59-52)44-32-28-39(34-46(44)55(50,3)4)57(36-19-12-9-13-20-36)47-23-16-22-42-41-21-14-15-24-48(41)58-51(42)47/h8-38H,1-7H3;8-34H,1-7H3. The minimum Gasteiger partial charge on any atom is -0.455 e. The Kier molecular flexibility index (Phi) is 17.9. The maximum atomic E-state index is 7.21. The van der Waals surface area contributed by atoms with Crippen molar-refractivity contribution in [3.8, 4) is 56.4 Å². The second-order valence-electron chi connectivity index (χ2n) is 38.8. The van der Waals surface area contributed by atoms with E-state index in [9.17, 15) is 0 Å². The van der Waals surface area contributed by atoms with E-state index in [0.717, 1.165) is 157 Å². The molecular formula is C116H100N4O4Si2. The van der Waals surface area contributed by atoms with Gasteiger partial charge >= 0.3 is 0 Å². The Bertz CT molecular complexity index is 7550. The van der Waals surface area contributed by atoms with Crippen molar-refractivity contribution in [1.29, 1.82) is 0 Å². The number of para-hydroxylation sites is 8. The van der Waals surface area contributed by atoms with Gasteiger partial charge in [-0.05, 0) is 192 Å². The van der Waals surface area contributed by atoms with Crippen molar-refractivity contribution in [3.05, 3.63) is 396 Å². The molecule has 23 rings (SSSR count). The van der Waals surface area contributed by atoms with Gasteiger partial charge in [0.05, 0.1) is 33.2 Å². The number of hydrogen-bond donors (Lipinski definition) is 0. The second kappa shape index (κ2) is 28.8. The minimum absolute atomic E-state index is 0.295. The van der Waals surface area contributed by atoms with E-state index in [1.165, 1.54) is 66.0 Å². The van der Waals surface area contributed by atoms with E-state index >= 15 is 0 Å². The third-order valence-electron chi connectivity index (χ3n) is 27.5. The van der Waals surface area contributed by atoms with Crippen molar-refractivity contribution >= 4 is 139 Å². The summed E-state index contributed by atoms with van der Waals surface area (Å²) in [6.07, 6.45) is 0. The van der Waals surface area contributed by atoms with Crippen LogP contribution in [0.2, 0.25) is 39.3 Å². The van der Waals surface area contributed by atoms with Crippen molar-refractivity contribution in [2.24, 2.45) is 0 Å². The molecule has 4 heterocycles. The molecule has 126 heavy (non-hydrogen) atoms. The summed E-state index contributed by atoms with van der Waals surface area (Å²) in [6, 6.07) is 127. The van der Waals surface area contributed by atoms with Crippen LogP contribution in [0.15, 0.2) is 370 Å². The van der Waals surface area contributed by atoms with Gasteiger partial charge in [0.15, 0.2) is 11.2 Å². The molecule has 0 radical (unpaired) electrons. The van der Waals surface area contributed by atoms with E-state index in [-0.39, 0.29) is 21.7 Å². The van der Waals surface area contributed by atoms with Crippen LogP contribution in [0.5, 0.6) is 0 Å². The highest BCUT2D eigenvalue weighted by atomic mass is 28.3. The molecule has 8 nitrogen and oxygen atoms in total. The Morgan fingerprint density at radius 3 is 0.865 bits per heavy atom. The summed E-state index contributed by atoms with van der Waals surface area (Å²) in [5.41, 5.74) is 32.6. The first-order valence-electron chi connectivity index (χ1n) is 44.3. The van der Waals surface area contributed by atoms with Gasteiger partial charge in [-0.1, -0.05) is 293 Å². The van der Waals surface area contributed by atoms with E-state index in [2.05, 4.69) is 454 Å². The largest absolute Gasteiger partial charge is 0.455 e. The number of hydrogen-bond acceptors (Lipinski definition) is 8. The molecule has 4 aliphatic carbocycles. The zero-order valence-corrected chi connectivity index (χ0v) is 75.9. The highest BCUT2D eigenvalue weighted by Gasteiger charge is 2.53. The van der Waals surface area contributed by atoms with Crippen LogP contribution in [0.3, 0.4) is 0 Å². The van der Waals surface area contributed by atoms with E-state index in [4.69, 9.17) is 17.7 Å². The number of rotatable bonds is 15. The first-order chi connectivity index (χ1) is 60.8. The maximum absolute atomic E-state index is 7.21. The lowest BCUT2D eigenvalue weighted by Crippen LogP contribution is -2.37. The van der Waals surface area contributed by atoms with Crippen molar-refractivity contribution < 1.29 is 17.7 Å². The van der Waals surface area contributed by atoms with Crippen molar-refractivity contribution in [1.82, 2.24) is 0 Å². The normalized spacial score (nSPS) is 14.4. The predicted octanol–water partition coefficient (Wildman–Crippen LogP) is 32.2. The fourth-order valence-corrected chi connectivity index (χ4v) is 23.5. The topological polar surface area (TPSA) is 65.5 Å². The third-order valence-corrected chi connectivity index (χ3v) is 31.7. The van der Waals surface area contributed by atoms with Crippen LogP contribution >= 0.6 is 0 Å². The SMILES string of the molecule is CC1(C)c2cc(N(c3ccccc3)c3ccc([Si](C)(C)C)cc3)ccc2-c2oc3c(c21)C(C)(C)c1cc(N(c2ccccc2)c2cccc4c2oc2ccccc24)ccc1-3.CC1(C)c2cc(N(c3ccccc3)c3ccc([Si](C)(C)C)cc3)ccc2-c2oc3c(c21)C(C)(C)c1cc(N(c2ccccc2-c2ccccc2)c2cccc4c2oc2ccccc24)ccc1-3. The van der Waals surface area contributed by atoms with E-state index in [1.54, 1.807) is 0 Å². The summed E-state index contributed by atoms with van der Waals surface area (Å²) >= 11 is 0. The maximum Gasteiger partial charge on any atom is 0.159 e. The Morgan fingerprint density at radius 1 is 0.214 bits per heavy atom. The average molecular weight is 1670 g/mol. The summed E-state index contributed by atoms with van der Waals surface area (Å²) in [4.78, 5) is 9.51. The molecule has 0 saturated carbocycles. The molecule has 0 bridgehead atoms. The summed E-state index contributed by atoms with van der Waals surface area (Å²) in [5.74, 6) is 3.98. The minimum atomic E-state index is -1.46. The van der Waals surface area contributed by atoms with Gasteiger partial charge in [0.25, 0.3) is 0 Å². The Morgan fingerprint density at radius 2 is 0.492 bits per heavy atom. The van der Waals surface area contributed by atoms with Crippen molar-refractivity contribution in [2.75, 3.05) is 19.6 Å². The molecule has 616 valence electrons. The van der Waals surface area contributed by atoms with Crippen LogP contribution in [0.4, 0.5) is 68.2 Å². The first-order valence-corrected chi connectivity index (χ1v) is 51.3.